The fourth-order valence-corrected chi connectivity index (χ4v) is 2.73. The molecule has 1 fully saturated rings. The van der Waals surface area contributed by atoms with Crippen molar-refractivity contribution in [2.75, 3.05) is 25.1 Å². The van der Waals surface area contributed by atoms with Crippen molar-refractivity contribution in [3.8, 4) is 0 Å². The van der Waals surface area contributed by atoms with Crippen LogP contribution in [0, 0.1) is 10.1 Å². The Bertz CT molecular complexity index is 475. The first-order valence-electron chi connectivity index (χ1n) is 6.78. The lowest BCUT2D eigenvalue weighted by Crippen LogP contribution is -2.33. The molecular weight excluding hydrogens is 280 g/mol. The molecule has 110 valence electrons. The molecule has 20 heavy (non-hydrogen) atoms. The number of alkyl halides is 1. The Labute approximate surface area is 123 Å². The van der Waals surface area contributed by atoms with Crippen molar-refractivity contribution in [3.05, 3.63) is 33.9 Å². The highest BCUT2D eigenvalue weighted by Gasteiger charge is 2.18. The van der Waals surface area contributed by atoms with Gasteiger partial charge in [0.2, 0.25) is 0 Å². The van der Waals surface area contributed by atoms with Crippen molar-refractivity contribution in [1.82, 2.24) is 0 Å². The minimum atomic E-state index is -0.399. The monoisotopic (exact) mass is 298 g/mol. The zero-order valence-corrected chi connectivity index (χ0v) is 12.3. The summed E-state index contributed by atoms with van der Waals surface area (Å²) in [7, 11) is 1.97. The van der Waals surface area contributed by atoms with Crippen LogP contribution in [-0.2, 0) is 10.6 Å². The van der Waals surface area contributed by atoms with Gasteiger partial charge in [0.05, 0.1) is 11.0 Å². The third-order valence-electron chi connectivity index (χ3n) is 3.58. The molecule has 1 aliphatic heterocycles. The van der Waals surface area contributed by atoms with Crippen LogP contribution in [-0.4, -0.2) is 31.2 Å². The highest BCUT2D eigenvalue weighted by molar-refractivity contribution is 6.17. The van der Waals surface area contributed by atoms with Crippen molar-refractivity contribution in [1.29, 1.82) is 0 Å². The highest BCUT2D eigenvalue weighted by Crippen LogP contribution is 2.27. The molecule has 1 unspecified atom stereocenters. The summed E-state index contributed by atoms with van der Waals surface area (Å²) in [6.45, 7) is 1.60. The Morgan fingerprint density at radius 1 is 1.50 bits per heavy atom. The number of nitro groups is 1. The SMILES string of the molecule is CN(CC1CCCCO1)c1ccc([N+](=O)[O-])cc1CCl. The molecule has 6 heteroatoms. The molecule has 2 rings (SSSR count). The maximum Gasteiger partial charge on any atom is 0.269 e. The van der Waals surface area contributed by atoms with Gasteiger partial charge in [0.25, 0.3) is 5.69 Å². The van der Waals surface area contributed by atoms with E-state index in [0.717, 1.165) is 37.2 Å². The van der Waals surface area contributed by atoms with Crippen LogP contribution in [0.25, 0.3) is 0 Å². The van der Waals surface area contributed by atoms with Crippen molar-refractivity contribution in [2.24, 2.45) is 0 Å². The molecule has 0 aromatic heterocycles. The van der Waals surface area contributed by atoms with Gasteiger partial charge in [-0.05, 0) is 30.9 Å². The first-order chi connectivity index (χ1) is 9.61. The molecule has 0 bridgehead atoms. The quantitative estimate of drug-likeness (QED) is 0.475. The molecule has 1 aromatic carbocycles. The van der Waals surface area contributed by atoms with Crippen LogP contribution in [0.1, 0.15) is 24.8 Å². The summed E-state index contributed by atoms with van der Waals surface area (Å²) in [5, 5.41) is 10.8. The summed E-state index contributed by atoms with van der Waals surface area (Å²) in [4.78, 5) is 12.5. The zero-order chi connectivity index (χ0) is 14.5. The molecule has 0 spiro atoms. The summed E-state index contributed by atoms with van der Waals surface area (Å²) < 4.78 is 5.72. The Balaban J connectivity index is 2.11. The Morgan fingerprint density at radius 2 is 2.30 bits per heavy atom. The molecule has 1 aromatic rings. The van der Waals surface area contributed by atoms with Gasteiger partial charge in [-0.1, -0.05) is 0 Å². The lowest BCUT2D eigenvalue weighted by Gasteiger charge is -2.29. The maximum absolute atomic E-state index is 10.8. The third-order valence-corrected chi connectivity index (χ3v) is 3.87. The van der Waals surface area contributed by atoms with Crippen LogP contribution in [0.4, 0.5) is 11.4 Å². The smallest absolute Gasteiger partial charge is 0.269 e. The van der Waals surface area contributed by atoms with Gasteiger partial charge in [0, 0.05) is 43.9 Å². The van der Waals surface area contributed by atoms with Crippen molar-refractivity contribution in [3.63, 3.8) is 0 Å². The van der Waals surface area contributed by atoms with E-state index < -0.39 is 4.92 Å². The summed E-state index contributed by atoms with van der Waals surface area (Å²) in [5.74, 6) is 0.257. The van der Waals surface area contributed by atoms with Gasteiger partial charge in [-0.25, -0.2) is 0 Å². The van der Waals surface area contributed by atoms with E-state index in [0.29, 0.717) is 0 Å². The number of nitro benzene ring substituents is 1. The predicted octanol–water partition coefficient (Wildman–Crippen LogP) is 3.34. The maximum atomic E-state index is 10.8. The van der Waals surface area contributed by atoms with Gasteiger partial charge in [0.1, 0.15) is 0 Å². The molecular formula is C14H19ClN2O3. The van der Waals surface area contributed by atoms with Crippen LogP contribution in [0.2, 0.25) is 0 Å². The second kappa shape index (κ2) is 6.90. The summed E-state index contributed by atoms with van der Waals surface area (Å²) in [6, 6.07) is 4.82. The molecule has 1 atom stereocenters. The number of benzene rings is 1. The van der Waals surface area contributed by atoms with Crippen LogP contribution in [0.3, 0.4) is 0 Å². The van der Waals surface area contributed by atoms with Crippen LogP contribution < -0.4 is 4.90 Å². The van der Waals surface area contributed by atoms with E-state index in [1.54, 1.807) is 12.1 Å². The summed E-state index contributed by atoms with van der Waals surface area (Å²) in [6.07, 6.45) is 3.62. The van der Waals surface area contributed by atoms with E-state index in [4.69, 9.17) is 16.3 Å². The Morgan fingerprint density at radius 3 is 2.90 bits per heavy atom. The van der Waals surface area contributed by atoms with Gasteiger partial charge in [-0.15, -0.1) is 11.6 Å². The number of anilines is 1. The number of likely N-dealkylation sites (N-methyl/N-ethyl adjacent to an activating group) is 1. The van der Waals surface area contributed by atoms with E-state index in [9.17, 15) is 10.1 Å². The summed E-state index contributed by atoms with van der Waals surface area (Å²) >= 11 is 5.92. The molecule has 1 saturated heterocycles. The number of ether oxygens (including phenoxy) is 1. The van der Waals surface area contributed by atoms with E-state index in [2.05, 4.69) is 4.90 Å². The van der Waals surface area contributed by atoms with Gasteiger partial charge in [-0.2, -0.15) is 0 Å². The molecule has 0 amide bonds. The number of halogens is 1. The zero-order valence-electron chi connectivity index (χ0n) is 11.5. The molecule has 1 heterocycles. The number of rotatable bonds is 5. The second-order valence-electron chi connectivity index (χ2n) is 5.07. The van der Waals surface area contributed by atoms with E-state index in [1.165, 1.54) is 12.5 Å². The molecule has 0 radical (unpaired) electrons. The van der Waals surface area contributed by atoms with Crippen molar-refractivity contribution >= 4 is 23.0 Å². The average molecular weight is 299 g/mol. The number of hydrogen-bond acceptors (Lipinski definition) is 4. The number of nitrogens with zero attached hydrogens (tertiary/aromatic N) is 2. The highest BCUT2D eigenvalue weighted by atomic mass is 35.5. The normalized spacial score (nSPS) is 18.8. The lowest BCUT2D eigenvalue weighted by atomic mass is 10.1. The van der Waals surface area contributed by atoms with Gasteiger partial charge < -0.3 is 9.64 Å². The third kappa shape index (κ3) is 3.61. The van der Waals surface area contributed by atoms with Crippen LogP contribution in [0.5, 0.6) is 0 Å². The molecule has 5 nitrogen and oxygen atoms in total. The first kappa shape index (κ1) is 15.1. The van der Waals surface area contributed by atoms with Crippen LogP contribution >= 0.6 is 11.6 Å². The fourth-order valence-electron chi connectivity index (χ4n) is 2.52. The topological polar surface area (TPSA) is 55.6 Å². The van der Waals surface area contributed by atoms with E-state index in [1.807, 2.05) is 7.05 Å². The minimum Gasteiger partial charge on any atom is -0.376 e. The van der Waals surface area contributed by atoms with E-state index >= 15 is 0 Å². The second-order valence-corrected chi connectivity index (χ2v) is 5.34. The predicted molar refractivity (Wildman–Crippen MR) is 79.5 cm³/mol. The van der Waals surface area contributed by atoms with Gasteiger partial charge >= 0.3 is 0 Å². The Kier molecular flexibility index (Phi) is 5.20. The molecule has 1 aliphatic rings. The van der Waals surface area contributed by atoms with E-state index in [-0.39, 0.29) is 17.7 Å². The van der Waals surface area contributed by atoms with Crippen LogP contribution in [0.15, 0.2) is 18.2 Å². The minimum absolute atomic E-state index is 0.0757. The lowest BCUT2D eigenvalue weighted by molar-refractivity contribution is -0.384. The molecule has 0 aliphatic carbocycles. The van der Waals surface area contributed by atoms with Gasteiger partial charge in [-0.3, -0.25) is 10.1 Å². The fraction of sp³-hybridized carbons (Fsp3) is 0.571. The summed E-state index contributed by atoms with van der Waals surface area (Å²) in [5.41, 5.74) is 1.78. The van der Waals surface area contributed by atoms with Crippen molar-refractivity contribution < 1.29 is 9.66 Å². The van der Waals surface area contributed by atoms with Crippen molar-refractivity contribution in [2.45, 2.75) is 31.2 Å². The first-order valence-corrected chi connectivity index (χ1v) is 7.31. The average Bonchev–Trinajstić information content (AvgIpc) is 2.47. The van der Waals surface area contributed by atoms with Gasteiger partial charge in [0.15, 0.2) is 0 Å². The molecule has 0 N–H and O–H groups in total. The molecule has 0 saturated carbocycles. The number of non-ortho nitro benzene ring substituents is 1. The largest absolute Gasteiger partial charge is 0.376 e. The number of hydrogen-bond donors (Lipinski definition) is 0. The standard InChI is InChI=1S/C14H19ClN2O3/c1-16(10-13-4-2-3-7-20-13)14-6-5-12(17(18)19)8-11(14)9-15/h5-6,8,13H,2-4,7,9-10H2,1H3. The Hall–Kier alpha value is -1.33.